The van der Waals surface area contributed by atoms with Crippen LogP contribution in [-0.4, -0.2) is 212 Å². The summed E-state index contributed by atoms with van der Waals surface area (Å²) in [6.07, 6.45) is 7.25. The number of fused-ring (bicyclic) bond motifs is 5. The van der Waals surface area contributed by atoms with Gasteiger partial charge in [0.05, 0.1) is 75.6 Å². The van der Waals surface area contributed by atoms with E-state index in [0.717, 1.165) is 39.2 Å². The fourth-order valence-corrected chi connectivity index (χ4v) is 15.3. The lowest BCUT2D eigenvalue weighted by atomic mass is 9.94. The van der Waals surface area contributed by atoms with E-state index in [1.165, 1.54) is 51.4 Å². The Kier molecular flexibility index (Phi) is 23.5. The number of hydrogen-bond donors (Lipinski definition) is 10. The molecular weight excluding hydrogens is 1610 g/mol. The molecule has 34 nitrogen and oxygen atoms in total. The quantitative estimate of drug-likeness (QED) is 0.0238. The van der Waals surface area contributed by atoms with Crippen molar-refractivity contribution >= 4 is 112 Å². The summed E-state index contributed by atoms with van der Waals surface area (Å²) in [5, 5.41) is 30.8. The number of imidazole rings is 1. The second kappa shape index (κ2) is 34.5. The van der Waals surface area contributed by atoms with Gasteiger partial charge in [-0.2, -0.15) is 0 Å². The van der Waals surface area contributed by atoms with Crippen molar-refractivity contribution < 1.29 is 81.7 Å². The number of benzene rings is 5. The minimum atomic E-state index is -1.59. The highest BCUT2D eigenvalue weighted by atomic mass is 35.5. The Bertz CT molecular complexity index is 6210. The Morgan fingerprint density at radius 2 is 0.926 bits per heavy atom. The maximum Gasteiger partial charge on any atom is 0.323 e. The molecule has 10 N–H and O–H groups in total. The molecule has 0 unspecified atom stereocenters. The highest BCUT2D eigenvalue weighted by Gasteiger charge is 2.52. The first kappa shape index (κ1) is 82.9. The number of urea groups is 4. The number of amides is 16. The third-order valence-corrected chi connectivity index (χ3v) is 21.9. The molecule has 0 radical (unpaired) electrons. The van der Waals surface area contributed by atoms with Crippen LogP contribution < -0.4 is 61.5 Å². The third-order valence-electron chi connectivity index (χ3n) is 20.7. The molecule has 4 aromatic heterocycles. The number of ether oxygens (including phenoxy) is 4. The van der Waals surface area contributed by atoms with E-state index in [2.05, 4.69) is 115 Å². The highest BCUT2D eigenvalue weighted by molar-refractivity contribution is 7.16. The van der Waals surface area contributed by atoms with Crippen LogP contribution in [0.25, 0.3) is 11.2 Å². The molecule has 4 saturated heterocycles. The smallest absolute Gasteiger partial charge is 0.323 e. The monoisotopic (exact) mass is 1680 g/mol. The van der Waals surface area contributed by atoms with Gasteiger partial charge in [-0.1, -0.05) is 88.4 Å². The Labute approximate surface area is 704 Å². The predicted molar refractivity (Wildman–Crippen MR) is 439 cm³/mol. The van der Waals surface area contributed by atoms with E-state index in [-0.39, 0.29) is 49.8 Å². The fourth-order valence-electron chi connectivity index (χ4n) is 14.4. The van der Waals surface area contributed by atoms with Crippen molar-refractivity contribution in [3.05, 3.63) is 227 Å². The van der Waals surface area contributed by atoms with E-state index >= 15 is 0 Å². The van der Waals surface area contributed by atoms with E-state index in [0.29, 0.717) is 121 Å². The lowest BCUT2D eigenvalue weighted by Crippen LogP contribution is -2.56. The molecular formula is C86H72ClN17O17S. The number of halogens is 1. The van der Waals surface area contributed by atoms with Crippen molar-refractivity contribution in [2.24, 2.45) is 5.16 Å². The SMILES string of the molecule is COc1ccc2c(c1)C(=O)N(C[C@@]1(C#Cc3ccc(C=NO)cc3)NC(=O)NC1=O)C2.COc1ccc2c(c1)C(=O)N(C[C@]1(C#Cc3cnc4nc(C)[nH]c4c3C)NC(=O)NC1=O)C2.COc1ccc2c(c1)CCN(C[C@@]1(C#Cc3ccc(Cl)s3)NC(=O)NC1=O)C2=O.COc1ccc2c(c1)CCN(C[C@@]1(C#Cc3cccnc3)NC(=O)NC1=O)C2=O. The second-order valence-corrected chi connectivity index (χ2v) is 30.4. The number of carbonyl (C=O) groups excluding carboxylic acids is 12. The van der Waals surface area contributed by atoms with Crippen LogP contribution in [0.3, 0.4) is 0 Å². The van der Waals surface area contributed by atoms with Gasteiger partial charge >= 0.3 is 24.1 Å². The van der Waals surface area contributed by atoms with Crippen molar-refractivity contribution in [2.75, 3.05) is 67.7 Å². The number of oxime groups is 1. The molecule has 12 heterocycles. The van der Waals surface area contributed by atoms with Crippen molar-refractivity contribution in [1.82, 2.24) is 82.1 Å². The molecule has 0 saturated carbocycles. The Balaban J connectivity index is 0.000000133. The maximum atomic E-state index is 13.0. The van der Waals surface area contributed by atoms with Gasteiger partial charge in [-0.05, 0) is 157 Å². The van der Waals surface area contributed by atoms with Crippen LogP contribution >= 0.6 is 22.9 Å². The number of aryl methyl sites for hydroxylation is 2. The molecule has 4 atom stereocenters. The number of nitrogens with one attached hydrogen (secondary N) is 9. The van der Waals surface area contributed by atoms with Crippen molar-refractivity contribution in [3.8, 4) is 70.4 Å². The third kappa shape index (κ3) is 17.4. The molecule has 36 heteroatoms. The van der Waals surface area contributed by atoms with E-state index in [1.54, 1.807) is 136 Å². The van der Waals surface area contributed by atoms with Crippen LogP contribution in [0.4, 0.5) is 19.2 Å². The summed E-state index contributed by atoms with van der Waals surface area (Å²) < 4.78 is 21.4. The van der Waals surface area contributed by atoms with Crippen molar-refractivity contribution in [1.29, 1.82) is 0 Å². The zero-order valence-electron chi connectivity index (χ0n) is 65.8. The summed E-state index contributed by atoms with van der Waals surface area (Å²) in [6, 6.07) is 32.1. The second-order valence-electron chi connectivity index (χ2n) is 28.7. The number of H-pyrrole nitrogens is 1. The molecule has 16 amide bonds. The van der Waals surface area contributed by atoms with Gasteiger partial charge in [-0.25, -0.2) is 29.1 Å². The fraction of sp³-hybridized carbons (Fsp3) is 0.233. The lowest BCUT2D eigenvalue weighted by Gasteiger charge is -2.33. The molecule has 122 heavy (non-hydrogen) atoms. The Hall–Kier alpha value is -15.6. The van der Waals surface area contributed by atoms with Crippen LogP contribution in [-0.2, 0) is 45.1 Å². The maximum absolute atomic E-state index is 13.0. The average Bonchev–Trinajstić information content (AvgIpc) is 1.61. The number of aromatic amines is 1. The molecule has 0 aliphatic carbocycles. The topological polar surface area (TPSA) is 438 Å². The summed E-state index contributed by atoms with van der Waals surface area (Å²) in [5.74, 6) is 23.0. The molecule has 8 aliphatic rings. The van der Waals surface area contributed by atoms with Gasteiger partial charge in [-0.15, -0.1) is 11.3 Å². The first-order valence-corrected chi connectivity index (χ1v) is 38.6. The predicted octanol–water partition coefficient (Wildman–Crippen LogP) is 5.01. The van der Waals surface area contributed by atoms with E-state index in [1.807, 2.05) is 32.0 Å². The van der Waals surface area contributed by atoms with Gasteiger partial charge < -0.3 is 70.0 Å². The van der Waals surface area contributed by atoms with Gasteiger partial charge in [0, 0.05) is 83.7 Å². The first-order chi connectivity index (χ1) is 58.6. The standard InChI is InChI=1S/C23H20N6O4.C22H18N4O5.C21H18N4O4.C20H16ClN3O4S/c1-12-14(9-24-19-18(12)25-13(2)26-19)6-7-23(21(31)27-22(32)28-23)11-29-10-15-4-5-16(33-3)8-17(15)20(29)30;1-31-17-7-6-16-12-26(19(27)18(16)10-17)13-22(20(28)24-21(29)25-22)9-8-14-2-4-15(5-3-14)11-23-30;1-29-16-4-5-17-15(11-16)7-10-25(18(17)26)13-21(19(27)23-20(28)24-21)8-6-14-3-2-9-22-12-14;1-28-13-2-4-15-12(10-13)7-9-24(17(15)25)11-20(18(26)22-19(27)23-20)8-6-14-3-5-16(21)29-14/h4-5,8-9H,10-11H2,1-3H3,(H,24,25,26)(H2,27,28,31,32);2-7,10-11,30H,12-13H2,1H3,(H2,24,25,28,29);2-5,9,11-12H,7,10,13H2,1H3,(H2,23,24,27,28);2-5,10H,7,9,11H2,1H3,(H2,22,23,26,27)/t23-;22-;21-;20-/m0111/s1. The van der Waals surface area contributed by atoms with Crippen LogP contribution in [0.1, 0.15) is 102 Å². The molecule has 0 bridgehead atoms. The van der Waals surface area contributed by atoms with Gasteiger partial charge in [0.25, 0.3) is 47.3 Å². The molecule has 5 aromatic carbocycles. The molecule has 0 spiro atoms. The number of aromatic nitrogens is 4. The Morgan fingerprint density at radius 3 is 1.35 bits per heavy atom. The summed E-state index contributed by atoms with van der Waals surface area (Å²) in [4.78, 5) is 173. The summed E-state index contributed by atoms with van der Waals surface area (Å²) in [6.45, 7) is 4.77. The highest BCUT2D eigenvalue weighted by Crippen LogP contribution is 2.34. The average molecular weight is 1680 g/mol. The van der Waals surface area contributed by atoms with Gasteiger partial charge in [0.2, 0.25) is 22.2 Å². The molecule has 17 rings (SSSR count). The zero-order valence-corrected chi connectivity index (χ0v) is 67.3. The first-order valence-electron chi connectivity index (χ1n) is 37.4. The number of thiophene rings is 1. The number of methoxy groups -OCH3 is 4. The van der Waals surface area contributed by atoms with Gasteiger partial charge in [-0.3, -0.25) is 64.6 Å². The summed E-state index contributed by atoms with van der Waals surface area (Å²) in [5.41, 5.74) is 3.88. The van der Waals surface area contributed by atoms with Crippen molar-refractivity contribution in [3.63, 3.8) is 0 Å². The normalized spacial score (nSPS) is 19.9. The number of imide groups is 4. The summed E-state index contributed by atoms with van der Waals surface area (Å²) in [7, 11) is 6.19. The number of pyridine rings is 2. The van der Waals surface area contributed by atoms with Crippen LogP contribution in [0, 0.1) is 61.2 Å². The number of rotatable bonds is 13. The van der Waals surface area contributed by atoms with E-state index in [4.69, 9.17) is 35.8 Å². The van der Waals surface area contributed by atoms with Gasteiger partial charge in [0.15, 0.2) is 5.65 Å². The van der Waals surface area contributed by atoms with Gasteiger partial charge in [0.1, 0.15) is 28.8 Å². The molecule has 4 fully saturated rings. The van der Waals surface area contributed by atoms with Crippen LogP contribution in [0.2, 0.25) is 4.34 Å². The van der Waals surface area contributed by atoms with Crippen molar-refractivity contribution in [2.45, 2.75) is 61.9 Å². The lowest BCUT2D eigenvalue weighted by molar-refractivity contribution is -0.123. The largest absolute Gasteiger partial charge is 0.497 e. The number of nitrogens with zero attached hydrogens (tertiary/aromatic N) is 8. The van der Waals surface area contributed by atoms with Crippen LogP contribution in [0.15, 0.2) is 145 Å². The molecule has 616 valence electrons. The zero-order chi connectivity index (χ0) is 86.4. The van der Waals surface area contributed by atoms with E-state index in [9.17, 15) is 57.5 Å². The van der Waals surface area contributed by atoms with Crippen LogP contribution in [0.5, 0.6) is 23.0 Å². The molecule has 9 aromatic rings. The summed E-state index contributed by atoms with van der Waals surface area (Å²) >= 11 is 7.19. The Morgan fingerprint density at radius 1 is 0.492 bits per heavy atom. The molecule has 8 aliphatic heterocycles. The minimum absolute atomic E-state index is 0.0534. The minimum Gasteiger partial charge on any atom is -0.497 e. The number of carbonyl (C=O) groups is 12. The number of hydrogen-bond acceptors (Lipinski definition) is 22. The van der Waals surface area contributed by atoms with E-state index < -0.39 is 69.9 Å².